The quantitative estimate of drug-likeness (QED) is 0.671. The number of hydrogen-bond donors (Lipinski definition) is 0. The van der Waals surface area contributed by atoms with Crippen LogP contribution in [0.25, 0.3) is 0 Å². The second-order valence-corrected chi connectivity index (χ2v) is 9.72. The maximum Gasteiger partial charge on any atom is 0.254 e. The highest BCUT2D eigenvalue weighted by Gasteiger charge is 2.35. The number of halogens is 1. The molecule has 3 rings (SSSR count). The summed E-state index contributed by atoms with van der Waals surface area (Å²) in [7, 11) is -3.09. The summed E-state index contributed by atoms with van der Waals surface area (Å²) in [4.78, 5) is 14.9. The monoisotopic (exact) mass is 451 g/mol. The van der Waals surface area contributed by atoms with Gasteiger partial charge in [0.2, 0.25) is 0 Å². The van der Waals surface area contributed by atoms with E-state index in [4.69, 9.17) is 4.74 Å². The summed E-state index contributed by atoms with van der Waals surface area (Å²) in [6, 6.07) is 14.4. The van der Waals surface area contributed by atoms with Crippen molar-refractivity contribution in [2.45, 2.75) is 25.9 Å². The molecule has 5 nitrogen and oxygen atoms in total. The van der Waals surface area contributed by atoms with Crippen molar-refractivity contribution in [3.05, 3.63) is 64.1 Å². The number of hydrogen-bond acceptors (Lipinski definition) is 4. The van der Waals surface area contributed by atoms with Crippen molar-refractivity contribution >= 4 is 31.7 Å². The molecule has 0 spiro atoms. The predicted octanol–water partition coefficient (Wildman–Crippen LogP) is 3.68. The third-order valence-corrected chi connectivity index (χ3v) is 6.81. The summed E-state index contributed by atoms with van der Waals surface area (Å²) in [6.07, 6.45) is 0.471. The van der Waals surface area contributed by atoms with Gasteiger partial charge in [0.25, 0.3) is 5.91 Å². The van der Waals surface area contributed by atoms with Crippen LogP contribution in [0.4, 0.5) is 0 Å². The summed E-state index contributed by atoms with van der Waals surface area (Å²) in [5.41, 5.74) is 1.48. The Morgan fingerprint density at radius 3 is 2.56 bits per heavy atom. The highest BCUT2D eigenvalue weighted by molar-refractivity contribution is 9.10. The zero-order valence-corrected chi connectivity index (χ0v) is 17.5. The van der Waals surface area contributed by atoms with Crippen LogP contribution in [0, 0.1) is 0 Å². The van der Waals surface area contributed by atoms with Crippen molar-refractivity contribution in [1.82, 2.24) is 4.90 Å². The molecule has 2 aromatic carbocycles. The molecule has 0 N–H and O–H groups in total. The molecule has 1 aliphatic rings. The van der Waals surface area contributed by atoms with Crippen LogP contribution >= 0.6 is 15.9 Å². The van der Waals surface area contributed by atoms with Crippen LogP contribution < -0.4 is 4.74 Å². The summed E-state index contributed by atoms with van der Waals surface area (Å²) >= 11 is 3.45. The molecule has 144 valence electrons. The van der Waals surface area contributed by atoms with Crippen LogP contribution in [0.3, 0.4) is 0 Å². The van der Waals surface area contributed by atoms with Crippen LogP contribution in [0.1, 0.15) is 29.3 Å². The summed E-state index contributed by atoms with van der Waals surface area (Å²) in [6.45, 7) is 2.83. The molecule has 1 aliphatic heterocycles. The maximum absolute atomic E-state index is 13.2. The average Bonchev–Trinajstić information content (AvgIpc) is 3.00. The molecule has 0 radical (unpaired) electrons. The Kier molecular flexibility index (Phi) is 6.22. The number of amides is 1. The second kappa shape index (κ2) is 8.44. The molecule has 1 fully saturated rings. The van der Waals surface area contributed by atoms with Crippen LogP contribution in [0.2, 0.25) is 0 Å². The van der Waals surface area contributed by atoms with Gasteiger partial charge in [0.1, 0.15) is 5.75 Å². The van der Waals surface area contributed by atoms with Gasteiger partial charge < -0.3 is 9.64 Å². The number of carbonyl (C=O) groups excluding carboxylic acids is 1. The zero-order chi connectivity index (χ0) is 19.4. The fourth-order valence-electron chi connectivity index (χ4n) is 3.25. The van der Waals surface area contributed by atoms with E-state index in [1.54, 1.807) is 29.2 Å². The number of ether oxygens (including phenoxy) is 1. The minimum absolute atomic E-state index is 0.0176. The highest BCUT2D eigenvalue weighted by Crippen LogP contribution is 2.24. The van der Waals surface area contributed by atoms with Gasteiger partial charge in [0.15, 0.2) is 9.84 Å². The molecule has 1 unspecified atom stereocenters. The fraction of sp³-hybridized carbons (Fsp3) is 0.350. The lowest BCUT2D eigenvalue weighted by Crippen LogP contribution is -2.40. The first-order valence-corrected chi connectivity index (χ1v) is 11.5. The molecule has 0 saturated carbocycles. The van der Waals surface area contributed by atoms with E-state index >= 15 is 0 Å². The average molecular weight is 452 g/mol. The minimum Gasteiger partial charge on any atom is -0.494 e. The Labute approximate surface area is 168 Å². The van der Waals surface area contributed by atoms with E-state index in [1.807, 2.05) is 31.2 Å². The first-order valence-electron chi connectivity index (χ1n) is 8.86. The number of sulfone groups is 1. The first-order chi connectivity index (χ1) is 12.9. The molecular weight excluding hydrogens is 430 g/mol. The number of benzene rings is 2. The topological polar surface area (TPSA) is 63.7 Å². The summed E-state index contributed by atoms with van der Waals surface area (Å²) < 4.78 is 30.3. The van der Waals surface area contributed by atoms with Crippen LogP contribution in [-0.4, -0.2) is 43.4 Å². The predicted molar refractivity (Wildman–Crippen MR) is 109 cm³/mol. The van der Waals surface area contributed by atoms with E-state index in [1.165, 1.54) is 0 Å². The lowest BCUT2D eigenvalue weighted by atomic mass is 10.1. The van der Waals surface area contributed by atoms with Gasteiger partial charge in [-0.15, -0.1) is 0 Å². The molecular formula is C20H22BrNO4S. The molecule has 0 aliphatic carbocycles. The highest BCUT2D eigenvalue weighted by atomic mass is 79.9. The molecule has 1 atom stereocenters. The molecule has 7 heteroatoms. The third-order valence-electron chi connectivity index (χ3n) is 4.56. The third kappa shape index (κ3) is 5.11. The Morgan fingerprint density at radius 1 is 1.22 bits per heavy atom. The molecule has 1 amide bonds. The van der Waals surface area contributed by atoms with E-state index in [2.05, 4.69) is 15.9 Å². The first kappa shape index (κ1) is 19.9. The molecule has 0 bridgehead atoms. The second-order valence-electron chi connectivity index (χ2n) is 6.58. The van der Waals surface area contributed by atoms with Gasteiger partial charge in [-0.1, -0.05) is 28.1 Å². The summed E-state index contributed by atoms with van der Waals surface area (Å²) in [5.74, 6) is 0.684. The Balaban J connectivity index is 1.87. The van der Waals surface area contributed by atoms with E-state index in [9.17, 15) is 13.2 Å². The largest absolute Gasteiger partial charge is 0.494 e. The zero-order valence-electron chi connectivity index (χ0n) is 15.1. The van der Waals surface area contributed by atoms with Crippen molar-refractivity contribution in [1.29, 1.82) is 0 Å². The number of rotatable bonds is 6. The van der Waals surface area contributed by atoms with Gasteiger partial charge >= 0.3 is 0 Å². The van der Waals surface area contributed by atoms with E-state index in [-0.39, 0.29) is 23.5 Å². The van der Waals surface area contributed by atoms with Gasteiger partial charge in [-0.25, -0.2) is 8.42 Å². The van der Waals surface area contributed by atoms with Crippen molar-refractivity contribution in [2.24, 2.45) is 0 Å². The normalized spacial score (nSPS) is 18.2. The van der Waals surface area contributed by atoms with E-state index in [0.717, 1.165) is 10.0 Å². The molecule has 2 aromatic rings. The SMILES string of the molecule is CCOc1ccc(C(=O)N(Cc2cccc(Br)c2)C2CCS(=O)(=O)C2)cc1. The van der Waals surface area contributed by atoms with Crippen molar-refractivity contribution < 1.29 is 17.9 Å². The van der Waals surface area contributed by atoms with Crippen LogP contribution in [-0.2, 0) is 16.4 Å². The lowest BCUT2D eigenvalue weighted by Gasteiger charge is -2.28. The van der Waals surface area contributed by atoms with Gasteiger partial charge in [-0.05, 0) is 55.3 Å². The Bertz CT molecular complexity index is 912. The fourth-order valence-corrected chi connectivity index (χ4v) is 5.42. The van der Waals surface area contributed by atoms with Gasteiger partial charge in [-0.3, -0.25) is 4.79 Å². The Morgan fingerprint density at radius 2 is 1.96 bits per heavy atom. The van der Waals surface area contributed by atoms with Crippen molar-refractivity contribution in [3.8, 4) is 5.75 Å². The van der Waals surface area contributed by atoms with Crippen molar-refractivity contribution in [2.75, 3.05) is 18.1 Å². The summed E-state index contributed by atoms with van der Waals surface area (Å²) in [5, 5.41) is 0. The van der Waals surface area contributed by atoms with Crippen molar-refractivity contribution in [3.63, 3.8) is 0 Å². The molecule has 1 heterocycles. The van der Waals surface area contributed by atoms with E-state index < -0.39 is 9.84 Å². The smallest absolute Gasteiger partial charge is 0.254 e. The van der Waals surface area contributed by atoms with Gasteiger partial charge in [-0.2, -0.15) is 0 Å². The minimum atomic E-state index is -3.09. The van der Waals surface area contributed by atoms with E-state index in [0.29, 0.717) is 30.9 Å². The van der Waals surface area contributed by atoms with Crippen LogP contribution in [0.5, 0.6) is 5.75 Å². The van der Waals surface area contributed by atoms with Crippen LogP contribution in [0.15, 0.2) is 53.0 Å². The molecule has 27 heavy (non-hydrogen) atoms. The number of nitrogens with zero attached hydrogens (tertiary/aromatic N) is 1. The molecule has 0 aromatic heterocycles. The lowest BCUT2D eigenvalue weighted by molar-refractivity contribution is 0.0681. The Hall–Kier alpha value is -1.86. The number of carbonyl (C=O) groups is 1. The van der Waals surface area contributed by atoms with Gasteiger partial charge in [0, 0.05) is 22.6 Å². The molecule has 1 saturated heterocycles. The standard InChI is InChI=1S/C20H22BrNO4S/c1-2-26-19-8-6-16(7-9-19)20(23)22(18-10-11-27(24,25)14-18)13-15-4-3-5-17(21)12-15/h3-9,12,18H,2,10-11,13-14H2,1H3. The van der Waals surface area contributed by atoms with Gasteiger partial charge in [0.05, 0.1) is 18.1 Å². The maximum atomic E-state index is 13.2.